The highest BCUT2D eigenvalue weighted by atomic mass is 79.9. The van der Waals surface area contributed by atoms with Crippen molar-refractivity contribution in [3.8, 4) is 18.1 Å². The summed E-state index contributed by atoms with van der Waals surface area (Å²) in [6.45, 7) is 4.47. The summed E-state index contributed by atoms with van der Waals surface area (Å²) in [6, 6.07) is 5.41. The van der Waals surface area contributed by atoms with Crippen molar-refractivity contribution >= 4 is 15.9 Å². The van der Waals surface area contributed by atoms with Crippen LogP contribution < -0.4 is 4.74 Å². The molecule has 3 heteroatoms. The molecule has 17 heavy (non-hydrogen) atoms. The number of aliphatic hydroxyl groups is 1. The molecule has 0 aromatic heterocycles. The fourth-order valence-electron chi connectivity index (χ4n) is 1.25. The highest BCUT2D eigenvalue weighted by Gasteiger charge is 2.11. The van der Waals surface area contributed by atoms with Gasteiger partial charge in [-0.1, -0.05) is 27.4 Å². The zero-order valence-electron chi connectivity index (χ0n) is 9.90. The quantitative estimate of drug-likeness (QED) is 0.681. The molecule has 1 unspecified atom stereocenters. The molecule has 0 saturated carbocycles. The second kappa shape index (κ2) is 6.48. The van der Waals surface area contributed by atoms with Gasteiger partial charge in [-0.15, -0.1) is 6.42 Å². The smallest absolute Gasteiger partial charge is 0.143 e. The number of aliphatic hydroxyl groups excluding tert-OH is 1. The van der Waals surface area contributed by atoms with Gasteiger partial charge in [-0.05, 0) is 38.1 Å². The molecule has 1 aromatic carbocycles. The van der Waals surface area contributed by atoms with Crippen molar-refractivity contribution in [3.05, 3.63) is 39.9 Å². The zero-order chi connectivity index (χ0) is 12.8. The van der Waals surface area contributed by atoms with Crippen LogP contribution in [0.25, 0.3) is 0 Å². The lowest BCUT2D eigenvalue weighted by molar-refractivity contribution is 0.230. The summed E-state index contributed by atoms with van der Waals surface area (Å²) in [5.41, 5.74) is 1.78. The molecular formula is C14H15BrO2. The van der Waals surface area contributed by atoms with Crippen LogP contribution in [-0.4, -0.2) is 11.7 Å². The summed E-state index contributed by atoms with van der Waals surface area (Å²) in [6.07, 6.45) is 6.23. The van der Waals surface area contributed by atoms with E-state index < -0.39 is 6.10 Å². The van der Waals surface area contributed by atoms with E-state index in [-0.39, 0.29) is 0 Å². The van der Waals surface area contributed by atoms with Crippen LogP contribution in [0.4, 0.5) is 0 Å². The fraction of sp³-hybridized carbons (Fsp3) is 0.286. The van der Waals surface area contributed by atoms with Gasteiger partial charge in [-0.25, -0.2) is 0 Å². The number of benzene rings is 1. The van der Waals surface area contributed by atoms with E-state index in [0.717, 1.165) is 4.47 Å². The van der Waals surface area contributed by atoms with Crippen LogP contribution in [0.3, 0.4) is 0 Å². The third kappa shape index (κ3) is 4.26. The zero-order valence-corrected chi connectivity index (χ0v) is 11.5. The summed E-state index contributed by atoms with van der Waals surface area (Å²) >= 11 is 3.34. The molecule has 0 saturated heterocycles. The maximum atomic E-state index is 9.69. The van der Waals surface area contributed by atoms with Gasteiger partial charge in [0.25, 0.3) is 0 Å². The Hall–Kier alpha value is -1.24. The topological polar surface area (TPSA) is 29.5 Å². The van der Waals surface area contributed by atoms with Crippen LogP contribution in [-0.2, 0) is 0 Å². The molecule has 0 radical (unpaired) electrons. The van der Waals surface area contributed by atoms with Gasteiger partial charge >= 0.3 is 0 Å². The van der Waals surface area contributed by atoms with E-state index in [9.17, 15) is 5.11 Å². The first-order chi connectivity index (χ1) is 8.04. The lowest BCUT2D eigenvalue weighted by Gasteiger charge is -2.12. The number of allylic oxidation sites excluding steroid dienone is 1. The second-order valence-electron chi connectivity index (χ2n) is 3.84. The van der Waals surface area contributed by atoms with Crippen molar-refractivity contribution in [1.29, 1.82) is 0 Å². The summed E-state index contributed by atoms with van der Waals surface area (Å²) in [4.78, 5) is 0. The second-order valence-corrected chi connectivity index (χ2v) is 4.76. The minimum Gasteiger partial charge on any atom is -0.489 e. The van der Waals surface area contributed by atoms with Gasteiger partial charge in [-0.3, -0.25) is 0 Å². The summed E-state index contributed by atoms with van der Waals surface area (Å²) < 4.78 is 6.43. The van der Waals surface area contributed by atoms with E-state index in [1.165, 1.54) is 5.57 Å². The Labute approximate surface area is 110 Å². The van der Waals surface area contributed by atoms with Gasteiger partial charge in [0.05, 0.1) is 0 Å². The summed E-state index contributed by atoms with van der Waals surface area (Å²) in [5, 5.41) is 9.69. The summed E-state index contributed by atoms with van der Waals surface area (Å²) in [5.74, 6) is 2.89. The third-order valence-electron chi connectivity index (χ3n) is 2.15. The van der Waals surface area contributed by atoms with E-state index in [2.05, 4.69) is 21.9 Å². The van der Waals surface area contributed by atoms with E-state index >= 15 is 0 Å². The third-order valence-corrected chi connectivity index (χ3v) is 2.65. The lowest BCUT2D eigenvalue weighted by atomic mass is 10.1. The number of terminal acetylenes is 1. The van der Waals surface area contributed by atoms with Gasteiger partial charge in [0.15, 0.2) is 0 Å². The highest BCUT2D eigenvalue weighted by Crippen LogP contribution is 2.28. The molecule has 0 aliphatic carbocycles. The van der Waals surface area contributed by atoms with Crippen LogP contribution in [0.2, 0.25) is 0 Å². The SMILES string of the molecule is C#CC(O)c1cc(Br)ccc1OCC=C(C)C. The Bertz CT molecular complexity index is 454. The van der Waals surface area contributed by atoms with Crippen molar-refractivity contribution in [2.75, 3.05) is 6.61 Å². The average molecular weight is 295 g/mol. The average Bonchev–Trinajstić information content (AvgIpc) is 2.29. The van der Waals surface area contributed by atoms with Crippen molar-refractivity contribution in [1.82, 2.24) is 0 Å². The monoisotopic (exact) mass is 294 g/mol. The van der Waals surface area contributed by atoms with Gasteiger partial charge in [0.2, 0.25) is 0 Å². The molecule has 0 fully saturated rings. The number of ether oxygens (including phenoxy) is 1. The molecule has 2 nitrogen and oxygen atoms in total. The molecule has 1 atom stereocenters. The molecule has 0 amide bonds. The van der Waals surface area contributed by atoms with Crippen LogP contribution >= 0.6 is 15.9 Å². The summed E-state index contributed by atoms with van der Waals surface area (Å²) in [7, 11) is 0. The van der Waals surface area contributed by atoms with Crippen LogP contribution in [0, 0.1) is 12.3 Å². The van der Waals surface area contributed by atoms with E-state index in [0.29, 0.717) is 17.9 Å². The Balaban J connectivity index is 2.91. The van der Waals surface area contributed by atoms with Gasteiger partial charge in [0, 0.05) is 10.0 Å². The molecule has 1 aromatic rings. The number of hydrogen-bond acceptors (Lipinski definition) is 2. The first-order valence-corrected chi connectivity index (χ1v) is 6.03. The molecule has 0 spiro atoms. The number of rotatable bonds is 4. The Morgan fingerprint density at radius 1 is 1.59 bits per heavy atom. The number of hydrogen-bond donors (Lipinski definition) is 1. The molecular weight excluding hydrogens is 280 g/mol. The predicted octanol–water partition coefficient (Wildman–Crippen LogP) is 3.46. The van der Waals surface area contributed by atoms with E-state index in [1.807, 2.05) is 26.0 Å². The first-order valence-electron chi connectivity index (χ1n) is 5.24. The van der Waals surface area contributed by atoms with Crippen molar-refractivity contribution in [2.45, 2.75) is 20.0 Å². The van der Waals surface area contributed by atoms with E-state index in [4.69, 9.17) is 11.2 Å². The van der Waals surface area contributed by atoms with Crippen molar-refractivity contribution in [3.63, 3.8) is 0 Å². The maximum Gasteiger partial charge on any atom is 0.143 e. The lowest BCUT2D eigenvalue weighted by Crippen LogP contribution is -2.01. The van der Waals surface area contributed by atoms with Gasteiger partial charge in [-0.2, -0.15) is 0 Å². The molecule has 1 N–H and O–H groups in total. The van der Waals surface area contributed by atoms with Crippen LogP contribution in [0.1, 0.15) is 25.5 Å². The Morgan fingerprint density at radius 3 is 2.88 bits per heavy atom. The Morgan fingerprint density at radius 2 is 2.29 bits per heavy atom. The molecule has 0 aliphatic rings. The van der Waals surface area contributed by atoms with Gasteiger partial charge in [0.1, 0.15) is 18.5 Å². The van der Waals surface area contributed by atoms with Crippen molar-refractivity contribution in [2.24, 2.45) is 0 Å². The fourth-order valence-corrected chi connectivity index (χ4v) is 1.63. The molecule has 90 valence electrons. The molecule has 1 rings (SSSR count). The normalized spacial score (nSPS) is 11.5. The molecule has 0 aliphatic heterocycles. The standard InChI is InChI=1S/C14H15BrO2/c1-4-13(16)12-9-11(15)5-6-14(12)17-8-7-10(2)3/h1,5-7,9,13,16H,8H2,2-3H3. The Kier molecular flexibility index (Phi) is 5.27. The predicted molar refractivity (Wildman–Crippen MR) is 72.9 cm³/mol. The van der Waals surface area contributed by atoms with Crippen LogP contribution in [0.5, 0.6) is 5.75 Å². The van der Waals surface area contributed by atoms with Gasteiger partial charge < -0.3 is 9.84 Å². The molecule has 0 heterocycles. The molecule has 0 bridgehead atoms. The van der Waals surface area contributed by atoms with Crippen molar-refractivity contribution < 1.29 is 9.84 Å². The number of halogens is 1. The minimum atomic E-state index is -0.950. The highest BCUT2D eigenvalue weighted by molar-refractivity contribution is 9.10. The first kappa shape index (κ1) is 13.8. The minimum absolute atomic E-state index is 0.467. The largest absolute Gasteiger partial charge is 0.489 e. The van der Waals surface area contributed by atoms with Crippen LogP contribution in [0.15, 0.2) is 34.3 Å². The van der Waals surface area contributed by atoms with E-state index in [1.54, 1.807) is 12.1 Å². The maximum absolute atomic E-state index is 9.69.